The summed E-state index contributed by atoms with van der Waals surface area (Å²) < 4.78 is 5.18. The van der Waals surface area contributed by atoms with E-state index < -0.39 is 0 Å². The Labute approximate surface area is 116 Å². The molecule has 0 aliphatic heterocycles. The molecule has 3 heteroatoms. The van der Waals surface area contributed by atoms with Crippen LogP contribution in [-0.4, -0.2) is 32.8 Å². The Kier molecular flexibility index (Phi) is 5.23. The monoisotopic (exact) mass is 262 g/mol. The van der Waals surface area contributed by atoms with Crippen molar-refractivity contribution in [3.05, 3.63) is 29.3 Å². The van der Waals surface area contributed by atoms with Crippen molar-refractivity contribution in [2.75, 3.05) is 31.7 Å². The van der Waals surface area contributed by atoms with Gasteiger partial charge in [0.05, 0.1) is 6.61 Å². The van der Waals surface area contributed by atoms with Gasteiger partial charge in [-0.25, -0.2) is 0 Å². The van der Waals surface area contributed by atoms with Gasteiger partial charge in [-0.15, -0.1) is 0 Å². The average molecular weight is 262 g/mol. The van der Waals surface area contributed by atoms with Crippen LogP contribution in [0.4, 0.5) is 5.69 Å². The maximum absolute atomic E-state index is 5.18. The van der Waals surface area contributed by atoms with E-state index in [2.05, 4.69) is 42.3 Å². The summed E-state index contributed by atoms with van der Waals surface area (Å²) in [6, 6.07) is 7.57. The van der Waals surface area contributed by atoms with Gasteiger partial charge in [0.1, 0.15) is 0 Å². The molecule has 1 N–H and O–H groups in total. The first-order chi connectivity index (χ1) is 9.24. The summed E-state index contributed by atoms with van der Waals surface area (Å²) in [7, 11) is 1.76. The van der Waals surface area contributed by atoms with E-state index in [0.717, 1.165) is 32.3 Å². The van der Waals surface area contributed by atoms with Gasteiger partial charge >= 0.3 is 0 Å². The van der Waals surface area contributed by atoms with E-state index in [1.54, 1.807) is 7.11 Å². The van der Waals surface area contributed by atoms with Crippen LogP contribution >= 0.6 is 0 Å². The Morgan fingerprint density at radius 2 is 2.16 bits per heavy atom. The highest BCUT2D eigenvalue weighted by molar-refractivity contribution is 5.54. The van der Waals surface area contributed by atoms with Crippen LogP contribution in [0.3, 0.4) is 0 Å². The van der Waals surface area contributed by atoms with Crippen molar-refractivity contribution in [2.45, 2.75) is 39.3 Å². The smallest absolute Gasteiger partial charge is 0.0637 e. The van der Waals surface area contributed by atoms with Crippen LogP contribution in [0.25, 0.3) is 0 Å². The minimum Gasteiger partial charge on any atom is -0.383 e. The fourth-order valence-electron chi connectivity index (χ4n) is 2.38. The molecule has 0 saturated heterocycles. The van der Waals surface area contributed by atoms with E-state index in [9.17, 15) is 0 Å². The molecule has 1 aliphatic rings. The lowest BCUT2D eigenvalue weighted by Crippen LogP contribution is -2.27. The quantitative estimate of drug-likeness (QED) is 0.779. The average Bonchev–Trinajstić information content (AvgIpc) is 3.23. The van der Waals surface area contributed by atoms with E-state index >= 15 is 0 Å². The molecule has 0 amide bonds. The number of rotatable bonds is 8. The van der Waals surface area contributed by atoms with Gasteiger partial charge in [0, 0.05) is 38.5 Å². The van der Waals surface area contributed by atoms with Gasteiger partial charge in [-0.3, -0.25) is 0 Å². The minimum absolute atomic E-state index is 0.772. The molecule has 0 bridgehead atoms. The van der Waals surface area contributed by atoms with Crippen LogP contribution < -0.4 is 10.2 Å². The first-order valence-corrected chi connectivity index (χ1v) is 7.31. The van der Waals surface area contributed by atoms with Gasteiger partial charge in [0.15, 0.2) is 0 Å². The molecule has 0 heterocycles. The summed E-state index contributed by atoms with van der Waals surface area (Å²) in [4.78, 5) is 2.37. The largest absolute Gasteiger partial charge is 0.383 e. The Balaban J connectivity index is 1.99. The van der Waals surface area contributed by atoms with Crippen LogP contribution in [0.5, 0.6) is 0 Å². The maximum atomic E-state index is 5.18. The molecule has 0 aromatic heterocycles. The van der Waals surface area contributed by atoms with Crippen molar-refractivity contribution in [3.8, 4) is 0 Å². The standard InChI is InChI=1S/C16H26N2O/c1-4-18(9-10-19-3)16-8-5-14(11-13(16)2)12-17-15-6-7-15/h5,8,11,15,17H,4,6-7,9-10,12H2,1-3H3. The molecule has 1 aromatic rings. The predicted molar refractivity (Wildman–Crippen MR) is 80.8 cm³/mol. The van der Waals surface area contributed by atoms with Crippen molar-refractivity contribution in [3.63, 3.8) is 0 Å². The molecule has 2 rings (SSSR count). The summed E-state index contributed by atoms with van der Waals surface area (Å²) in [5, 5.41) is 3.56. The van der Waals surface area contributed by atoms with Gasteiger partial charge in [-0.05, 0) is 43.9 Å². The van der Waals surface area contributed by atoms with Crippen molar-refractivity contribution < 1.29 is 4.74 Å². The molecular weight excluding hydrogens is 236 g/mol. The zero-order chi connectivity index (χ0) is 13.7. The lowest BCUT2D eigenvalue weighted by Gasteiger charge is -2.25. The van der Waals surface area contributed by atoms with Crippen molar-refractivity contribution in [1.29, 1.82) is 0 Å². The maximum Gasteiger partial charge on any atom is 0.0637 e. The SMILES string of the molecule is CCN(CCOC)c1ccc(CNC2CC2)cc1C. The van der Waals surface area contributed by atoms with Crippen molar-refractivity contribution in [2.24, 2.45) is 0 Å². The lowest BCUT2D eigenvalue weighted by atomic mass is 10.1. The zero-order valence-electron chi connectivity index (χ0n) is 12.4. The second kappa shape index (κ2) is 6.92. The number of nitrogens with zero attached hydrogens (tertiary/aromatic N) is 1. The van der Waals surface area contributed by atoms with E-state index in [1.165, 1.54) is 29.7 Å². The second-order valence-electron chi connectivity index (χ2n) is 5.35. The first-order valence-electron chi connectivity index (χ1n) is 7.31. The molecule has 0 radical (unpaired) electrons. The normalized spacial score (nSPS) is 14.7. The van der Waals surface area contributed by atoms with Crippen LogP contribution in [0, 0.1) is 6.92 Å². The van der Waals surface area contributed by atoms with E-state index in [1.807, 2.05) is 0 Å². The van der Waals surface area contributed by atoms with Crippen LogP contribution in [-0.2, 0) is 11.3 Å². The Hall–Kier alpha value is -1.06. The molecule has 1 aromatic carbocycles. The van der Waals surface area contributed by atoms with Crippen LogP contribution in [0.15, 0.2) is 18.2 Å². The van der Waals surface area contributed by atoms with Gasteiger partial charge in [0.2, 0.25) is 0 Å². The summed E-state index contributed by atoms with van der Waals surface area (Å²) in [5.74, 6) is 0. The number of hydrogen-bond donors (Lipinski definition) is 1. The van der Waals surface area contributed by atoms with Crippen molar-refractivity contribution >= 4 is 5.69 Å². The fraction of sp³-hybridized carbons (Fsp3) is 0.625. The molecule has 0 atom stereocenters. The lowest BCUT2D eigenvalue weighted by molar-refractivity contribution is 0.205. The zero-order valence-corrected chi connectivity index (χ0v) is 12.4. The molecular formula is C16H26N2O. The summed E-state index contributed by atoms with van der Waals surface area (Å²) in [6.45, 7) is 8.13. The van der Waals surface area contributed by atoms with E-state index in [4.69, 9.17) is 4.74 Å². The molecule has 1 aliphatic carbocycles. The Morgan fingerprint density at radius 3 is 2.74 bits per heavy atom. The molecule has 106 valence electrons. The van der Waals surface area contributed by atoms with E-state index in [-0.39, 0.29) is 0 Å². The van der Waals surface area contributed by atoms with Crippen molar-refractivity contribution in [1.82, 2.24) is 5.32 Å². The topological polar surface area (TPSA) is 24.5 Å². The highest BCUT2D eigenvalue weighted by Gasteiger charge is 2.20. The second-order valence-corrected chi connectivity index (χ2v) is 5.35. The summed E-state index contributed by atoms with van der Waals surface area (Å²) in [5.41, 5.74) is 4.07. The van der Waals surface area contributed by atoms with Crippen LogP contribution in [0.2, 0.25) is 0 Å². The summed E-state index contributed by atoms with van der Waals surface area (Å²) in [6.07, 6.45) is 2.69. The summed E-state index contributed by atoms with van der Waals surface area (Å²) >= 11 is 0. The number of nitrogens with one attached hydrogen (secondary N) is 1. The number of anilines is 1. The predicted octanol–water partition coefficient (Wildman–Crippen LogP) is 2.72. The third-order valence-corrected chi connectivity index (χ3v) is 3.72. The van der Waals surface area contributed by atoms with Crippen LogP contribution in [0.1, 0.15) is 30.9 Å². The van der Waals surface area contributed by atoms with Gasteiger partial charge in [0.25, 0.3) is 0 Å². The highest BCUT2D eigenvalue weighted by Crippen LogP contribution is 2.23. The molecule has 19 heavy (non-hydrogen) atoms. The number of hydrogen-bond acceptors (Lipinski definition) is 3. The molecule has 0 unspecified atom stereocenters. The minimum atomic E-state index is 0.772. The Morgan fingerprint density at radius 1 is 1.37 bits per heavy atom. The third kappa shape index (κ3) is 4.22. The number of aryl methyl sites for hydroxylation is 1. The third-order valence-electron chi connectivity index (χ3n) is 3.72. The first kappa shape index (κ1) is 14.4. The van der Waals surface area contributed by atoms with E-state index in [0.29, 0.717) is 0 Å². The Bertz CT molecular complexity index is 402. The molecule has 3 nitrogen and oxygen atoms in total. The van der Waals surface area contributed by atoms with Gasteiger partial charge in [-0.2, -0.15) is 0 Å². The molecule has 1 fully saturated rings. The number of ether oxygens (including phenoxy) is 1. The molecule has 0 spiro atoms. The number of methoxy groups -OCH3 is 1. The highest BCUT2D eigenvalue weighted by atomic mass is 16.5. The molecule has 1 saturated carbocycles. The van der Waals surface area contributed by atoms with Gasteiger partial charge in [-0.1, -0.05) is 12.1 Å². The van der Waals surface area contributed by atoms with Gasteiger partial charge < -0.3 is 15.0 Å². The fourth-order valence-corrected chi connectivity index (χ4v) is 2.38. The number of benzene rings is 1. The number of likely N-dealkylation sites (N-methyl/N-ethyl adjacent to an activating group) is 1.